The van der Waals surface area contributed by atoms with Crippen LogP contribution in [0.4, 0.5) is 0 Å². The molecule has 8 nitrogen and oxygen atoms in total. The lowest BCUT2D eigenvalue weighted by Gasteiger charge is -2.30. The van der Waals surface area contributed by atoms with Gasteiger partial charge in [-0.25, -0.2) is 0 Å². The van der Waals surface area contributed by atoms with E-state index >= 15 is 0 Å². The molecular formula is C59H117N2O6P. The van der Waals surface area contributed by atoms with Gasteiger partial charge in [0.25, 0.3) is 7.82 Å². The van der Waals surface area contributed by atoms with Crippen molar-refractivity contribution in [3.63, 3.8) is 0 Å². The number of carbonyl (C=O) groups excluding carboxylic acids is 1. The van der Waals surface area contributed by atoms with E-state index in [9.17, 15) is 19.4 Å². The third-order valence-electron chi connectivity index (χ3n) is 13.7. The van der Waals surface area contributed by atoms with Crippen molar-refractivity contribution in [3.8, 4) is 0 Å². The number of rotatable bonds is 55. The van der Waals surface area contributed by atoms with E-state index < -0.39 is 20.0 Å². The summed E-state index contributed by atoms with van der Waals surface area (Å²) < 4.78 is 23.3. The van der Waals surface area contributed by atoms with Crippen molar-refractivity contribution in [2.45, 2.75) is 309 Å². The van der Waals surface area contributed by atoms with Gasteiger partial charge in [0.15, 0.2) is 0 Å². The van der Waals surface area contributed by atoms with Gasteiger partial charge < -0.3 is 28.8 Å². The Bertz CT molecular complexity index is 1160. The molecule has 3 atom stereocenters. The van der Waals surface area contributed by atoms with Gasteiger partial charge in [0.05, 0.1) is 39.9 Å². The maximum atomic E-state index is 12.9. The Morgan fingerprint density at radius 3 is 1.22 bits per heavy atom. The van der Waals surface area contributed by atoms with E-state index in [4.69, 9.17) is 9.05 Å². The van der Waals surface area contributed by atoms with Gasteiger partial charge >= 0.3 is 0 Å². The summed E-state index contributed by atoms with van der Waals surface area (Å²) in [7, 11) is 1.32. The molecule has 0 rings (SSSR count). The van der Waals surface area contributed by atoms with Crippen LogP contribution in [0, 0.1) is 0 Å². The molecule has 0 aromatic rings. The summed E-state index contributed by atoms with van der Waals surface area (Å²) in [4.78, 5) is 25.4. The molecule has 0 heterocycles. The highest BCUT2D eigenvalue weighted by atomic mass is 31.2. The monoisotopic (exact) mass is 981 g/mol. The lowest BCUT2D eigenvalue weighted by molar-refractivity contribution is -0.870. The first-order valence-electron chi connectivity index (χ1n) is 29.7. The predicted molar refractivity (Wildman–Crippen MR) is 293 cm³/mol. The minimum Gasteiger partial charge on any atom is -0.756 e. The van der Waals surface area contributed by atoms with Crippen LogP contribution in [0.25, 0.3) is 0 Å². The molecule has 0 aromatic carbocycles. The second kappa shape index (κ2) is 50.9. The quantitative estimate of drug-likeness (QED) is 0.0272. The molecule has 0 aromatic heterocycles. The molecule has 0 bridgehead atoms. The fraction of sp³-hybridized carbons (Fsp3) is 0.915. The maximum absolute atomic E-state index is 12.9. The Balaban J connectivity index is 3.79. The molecule has 0 spiro atoms. The van der Waals surface area contributed by atoms with Crippen molar-refractivity contribution in [2.24, 2.45) is 0 Å². The lowest BCUT2D eigenvalue weighted by atomic mass is 10.0. The predicted octanol–water partition coefficient (Wildman–Crippen LogP) is 17.4. The average Bonchev–Trinajstić information content (AvgIpc) is 3.30. The highest BCUT2D eigenvalue weighted by Crippen LogP contribution is 2.38. The number of quaternary nitrogens is 1. The van der Waals surface area contributed by atoms with Crippen LogP contribution in [0.2, 0.25) is 0 Å². The molecule has 0 saturated heterocycles. The molecular weight excluding hydrogens is 864 g/mol. The van der Waals surface area contributed by atoms with E-state index in [0.717, 1.165) is 44.9 Å². The maximum Gasteiger partial charge on any atom is 0.268 e. The Morgan fingerprint density at radius 1 is 0.515 bits per heavy atom. The molecule has 0 aliphatic rings. The molecule has 9 heteroatoms. The van der Waals surface area contributed by atoms with Crippen LogP contribution in [-0.2, 0) is 18.4 Å². The van der Waals surface area contributed by atoms with E-state index in [-0.39, 0.29) is 19.1 Å². The van der Waals surface area contributed by atoms with E-state index in [1.807, 2.05) is 21.1 Å². The van der Waals surface area contributed by atoms with Crippen LogP contribution in [0.15, 0.2) is 24.3 Å². The highest BCUT2D eigenvalue weighted by molar-refractivity contribution is 7.45. The first-order chi connectivity index (χ1) is 33.0. The lowest BCUT2D eigenvalue weighted by Crippen LogP contribution is -2.46. The summed E-state index contributed by atoms with van der Waals surface area (Å²) >= 11 is 0. The number of hydrogen-bond acceptors (Lipinski definition) is 6. The molecule has 0 aliphatic heterocycles. The number of unbranched alkanes of at least 4 members (excludes halogenated alkanes) is 38. The van der Waals surface area contributed by atoms with Gasteiger partial charge in [0.1, 0.15) is 13.2 Å². The van der Waals surface area contributed by atoms with Crippen molar-refractivity contribution in [3.05, 3.63) is 24.3 Å². The van der Waals surface area contributed by atoms with Crippen LogP contribution in [0.5, 0.6) is 0 Å². The third kappa shape index (κ3) is 52.8. The van der Waals surface area contributed by atoms with Crippen LogP contribution in [-0.4, -0.2) is 68.5 Å². The number of allylic oxidation sites excluding steroid dienone is 4. The Kier molecular flexibility index (Phi) is 50.1. The molecule has 1 amide bonds. The first kappa shape index (κ1) is 67.0. The minimum atomic E-state index is -4.56. The molecule has 2 N–H and O–H groups in total. The molecule has 0 saturated carbocycles. The van der Waals surface area contributed by atoms with E-state index in [1.54, 1.807) is 0 Å². The second-order valence-corrected chi connectivity index (χ2v) is 23.1. The van der Waals surface area contributed by atoms with Gasteiger partial charge in [-0.15, -0.1) is 0 Å². The summed E-state index contributed by atoms with van der Waals surface area (Å²) in [6.45, 7) is 4.71. The summed E-state index contributed by atoms with van der Waals surface area (Å²) in [6, 6.07) is -0.795. The SMILES string of the molecule is CCCCCCC/C=C\C/C=C\CCCCCCCCCCCCCCCCCCCCCCCCCCCC(=O)NC(COP(=O)([O-])OCC[N+](C)(C)C)C(O)CCCCCCCCCCC. The zero-order chi connectivity index (χ0) is 49.9. The van der Waals surface area contributed by atoms with E-state index in [1.165, 1.54) is 225 Å². The third-order valence-corrected chi connectivity index (χ3v) is 14.7. The van der Waals surface area contributed by atoms with Gasteiger partial charge in [-0.2, -0.15) is 0 Å². The summed E-state index contributed by atoms with van der Waals surface area (Å²) in [5.74, 6) is -0.162. The van der Waals surface area contributed by atoms with Crippen molar-refractivity contribution in [1.29, 1.82) is 0 Å². The van der Waals surface area contributed by atoms with Crippen LogP contribution >= 0.6 is 7.82 Å². The first-order valence-corrected chi connectivity index (χ1v) is 31.1. The number of carbonyl (C=O) groups is 1. The van der Waals surface area contributed by atoms with E-state index in [2.05, 4.69) is 43.5 Å². The summed E-state index contributed by atoms with van der Waals surface area (Å²) in [6.07, 6.45) is 64.0. The second-order valence-electron chi connectivity index (χ2n) is 21.7. The Labute approximate surface area is 424 Å². The van der Waals surface area contributed by atoms with Crippen molar-refractivity contribution in [1.82, 2.24) is 5.32 Å². The van der Waals surface area contributed by atoms with Gasteiger partial charge in [0, 0.05) is 6.42 Å². The van der Waals surface area contributed by atoms with Gasteiger partial charge in [0.2, 0.25) is 5.91 Å². The number of nitrogens with zero attached hydrogens (tertiary/aromatic N) is 1. The number of aliphatic hydroxyl groups is 1. The van der Waals surface area contributed by atoms with Crippen LogP contribution < -0.4 is 10.2 Å². The van der Waals surface area contributed by atoms with Gasteiger partial charge in [-0.3, -0.25) is 9.36 Å². The smallest absolute Gasteiger partial charge is 0.268 e. The number of phosphoric acid groups is 1. The summed E-state index contributed by atoms with van der Waals surface area (Å²) in [5.41, 5.74) is 0. The number of amides is 1. The molecule has 68 heavy (non-hydrogen) atoms. The normalized spacial score (nSPS) is 14.0. The fourth-order valence-corrected chi connectivity index (χ4v) is 9.74. The topological polar surface area (TPSA) is 108 Å². The Hall–Kier alpha value is -1.02. The number of hydrogen-bond donors (Lipinski definition) is 2. The van der Waals surface area contributed by atoms with Gasteiger partial charge in [-0.1, -0.05) is 269 Å². The van der Waals surface area contributed by atoms with Crippen LogP contribution in [0.1, 0.15) is 296 Å². The zero-order valence-electron chi connectivity index (χ0n) is 46.1. The zero-order valence-corrected chi connectivity index (χ0v) is 47.0. The largest absolute Gasteiger partial charge is 0.756 e. The molecule has 404 valence electrons. The van der Waals surface area contributed by atoms with Crippen molar-refractivity contribution in [2.75, 3.05) is 40.9 Å². The molecule has 0 radical (unpaired) electrons. The van der Waals surface area contributed by atoms with E-state index in [0.29, 0.717) is 23.9 Å². The number of likely N-dealkylation sites (N-methyl/N-ethyl adjacent to an activating group) is 1. The highest BCUT2D eigenvalue weighted by Gasteiger charge is 2.24. The molecule has 0 aliphatic carbocycles. The number of phosphoric ester groups is 1. The summed E-state index contributed by atoms with van der Waals surface area (Å²) in [5, 5.41) is 13.9. The minimum absolute atomic E-state index is 0.0146. The van der Waals surface area contributed by atoms with Crippen molar-refractivity contribution < 1.29 is 32.9 Å². The molecule has 3 unspecified atom stereocenters. The molecule has 0 fully saturated rings. The van der Waals surface area contributed by atoms with Crippen LogP contribution in [0.3, 0.4) is 0 Å². The number of aliphatic hydroxyl groups excluding tert-OH is 1. The Morgan fingerprint density at radius 2 is 0.853 bits per heavy atom. The average molecular weight is 982 g/mol. The number of nitrogens with one attached hydrogen (secondary N) is 1. The van der Waals surface area contributed by atoms with Gasteiger partial charge in [-0.05, 0) is 44.9 Å². The fourth-order valence-electron chi connectivity index (χ4n) is 9.01. The van der Waals surface area contributed by atoms with Crippen molar-refractivity contribution >= 4 is 13.7 Å². The standard InChI is InChI=1S/C59H117N2O6P/c1-6-8-10-12-14-16-17-18-19-20-21-22-23-24-25-26-27-28-29-30-31-32-33-34-35-36-37-38-39-40-41-42-43-45-47-49-51-53-59(63)60-57(56-67-68(64,65)66-55-54-61(3,4)5)58(62)52-50-48-46-44-15-13-11-9-7-2/h17-18,20-21,57-58,62H,6-16,19,22-56H2,1-5H3,(H-,60,63,64,65)/b18-17-,21-20-.